The van der Waals surface area contributed by atoms with Crippen LogP contribution >= 0.6 is 0 Å². The fourth-order valence-electron chi connectivity index (χ4n) is 1.98. The molecule has 118 valence electrons. The van der Waals surface area contributed by atoms with Crippen LogP contribution in [-0.2, 0) is 16.4 Å². The Bertz CT molecular complexity index is 745. The average Bonchev–Trinajstić information content (AvgIpc) is 2.44. The maximum atomic E-state index is 12.3. The Morgan fingerprint density at radius 1 is 1.14 bits per heavy atom. The summed E-state index contributed by atoms with van der Waals surface area (Å²) in [4.78, 5) is 4.10. The fraction of sp³-hybridized carbons (Fsp3) is 0.353. The molecule has 0 saturated carbocycles. The molecule has 4 nitrogen and oxygen atoms in total. The van der Waals surface area contributed by atoms with Gasteiger partial charge >= 0.3 is 0 Å². The minimum Gasteiger partial charge on any atom is -0.380 e. The Hall–Kier alpha value is -1.88. The van der Waals surface area contributed by atoms with Gasteiger partial charge in [-0.2, -0.15) is 0 Å². The van der Waals surface area contributed by atoms with Crippen LogP contribution in [0.2, 0.25) is 0 Å². The normalized spacial score (nSPS) is 12.2. The number of sulfone groups is 1. The monoisotopic (exact) mass is 318 g/mol. The molecule has 0 fully saturated rings. The van der Waals surface area contributed by atoms with Crippen molar-refractivity contribution in [2.75, 3.05) is 5.32 Å². The SMILES string of the molecule is Cc1cccc(CNc2ccc(S(=O)(=O)C(C)(C)C)nc2)c1. The minimum absolute atomic E-state index is 0.112. The van der Waals surface area contributed by atoms with Crippen molar-refractivity contribution in [3.63, 3.8) is 0 Å². The highest BCUT2D eigenvalue weighted by Crippen LogP contribution is 2.23. The maximum Gasteiger partial charge on any atom is 0.200 e. The quantitative estimate of drug-likeness (QED) is 0.936. The standard InChI is InChI=1S/C17H22N2O2S/c1-13-6-5-7-14(10-13)11-18-15-8-9-16(19-12-15)22(20,21)17(2,3)4/h5-10,12,18H,11H2,1-4H3. The molecule has 1 aromatic carbocycles. The number of nitrogens with zero attached hydrogens (tertiary/aromatic N) is 1. The predicted octanol–water partition coefficient (Wildman–Crippen LogP) is 3.57. The van der Waals surface area contributed by atoms with E-state index in [9.17, 15) is 8.42 Å². The van der Waals surface area contributed by atoms with Crippen LogP contribution in [0.3, 0.4) is 0 Å². The molecule has 0 aliphatic heterocycles. The van der Waals surface area contributed by atoms with E-state index in [2.05, 4.69) is 29.4 Å². The van der Waals surface area contributed by atoms with Crippen LogP contribution in [0.5, 0.6) is 0 Å². The van der Waals surface area contributed by atoms with Gasteiger partial charge in [-0.15, -0.1) is 0 Å². The summed E-state index contributed by atoms with van der Waals surface area (Å²) in [6, 6.07) is 11.5. The van der Waals surface area contributed by atoms with Gasteiger partial charge in [-0.3, -0.25) is 0 Å². The molecule has 0 unspecified atom stereocenters. The molecule has 1 aromatic heterocycles. The molecular weight excluding hydrogens is 296 g/mol. The van der Waals surface area contributed by atoms with Gasteiger partial charge in [0.1, 0.15) is 0 Å². The van der Waals surface area contributed by atoms with Crippen molar-refractivity contribution in [1.82, 2.24) is 4.98 Å². The summed E-state index contributed by atoms with van der Waals surface area (Å²) in [6.45, 7) is 7.75. The lowest BCUT2D eigenvalue weighted by atomic mass is 10.1. The largest absolute Gasteiger partial charge is 0.380 e. The van der Waals surface area contributed by atoms with Crippen LogP contribution in [0.15, 0.2) is 47.6 Å². The summed E-state index contributed by atoms with van der Waals surface area (Å²) in [6.07, 6.45) is 1.56. The zero-order valence-electron chi connectivity index (χ0n) is 13.4. The fourth-order valence-corrected chi connectivity index (χ4v) is 3.05. The van der Waals surface area contributed by atoms with E-state index in [0.29, 0.717) is 6.54 Å². The summed E-state index contributed by atoms with van der Waals surface area (Å²) in [5.74, 6) is 0. The van der Waals surface area contributed by atoms with Gasteiger partial charge in [0.25, 0.3) is 0 Å². The third kappa shape index (κ3) is 3.65. The highest BCUT2D eigenvalue weighted by molar-refractivity contribution is 7.92. The van der Waals surface area contributed by atoms with Crippen molar-refractivity contribution >= 4 is 15.5 Å². The Kier molecular flexibility index (Phi) is 4.56. The van der Waals surface area contributed by atoms with Gasteiger partial charge in [0.15, 0.2) is 14.9 Å². The number of hydrogen-bond donors (Lipinski definition) is 1. The van der Waals surface area contributed by atoms with Gasteiger partial charge in [-0.1, -0.05) is 29.8 Å². The van der Waals surface area contributed by atoms with Crippen molar-refractivity contribution < 1.29 is 8.42 Å². The van der Waals surface area contributed by atoms with Crippen molar-refractivity contribution in [2.24, 2.45) is 0 Å². The summed E-state index contributed by atoms with van der Waals surface area (Å²) in [5, 5.41) is 3.36. The Labute approximate surface area is 132 Å². The van der Waals surface area contributed by atoms with Gasteiger partial charge in [0.2, 0.25) is 0 Å². The van der Waals surface area contributed by atoms with Crippen LogP contribution in [-0.4, -0.2) is 18.1 Å². The van der Waals surface area contributed by atoms with E-state index in [0.717, 1.165) is 5.69 Å². The highest BCUT2D eigenvalue weighted by Gasteiger charge is 2.31. The molecule has 0 radical (unpaired) electrons. The lowest BCUT2D eigenvalue weighted by Crippen LogP contribution is -2.28. The van der Waals surface area contributed by atoms with Gasteiger partial charge < -0.3 is 5.32 Å². The molecule has 0 spiro atoms. The molecule has 1 heterocycles. The van der Waals surface area contributed by atoms with Gasteiger partial charge in [0.05, 0.1) is 16.6 Å². The molecule has 0 aliphatic rings. The van der Waals surface area contributed by atoms with Crippen molar-refractivity contribution in [3.05, 3.63) is 53.7 Å². The van der Waals surface area contributed by atoms with E-state index in [1.807, 2.05) is 12.1 Å². The number of pyridine rings is 1. The van der Waals surface area contributed by atoms with Crippen molar-refractivity contribution in [1.29, 1.82) is 0 Å². The van der Waals surface area contributed by atoms with Crippen LogP contribution in [0.1, 0.15) is 31.9 Å². The summed E-state index contributed by atoms with van der Waals surface area (Å²) in [5.41, 5.74) is 3.18. The molecule has 2 aromatic rings. The molecule has 1 N–H and O–H groups in total. The van der Waals surface area contributed by atoms with Gasteiger partial charge in [-0.05, 0) is 45.4 Å². The molecule has 22 heavy (non-hydrogen) atoms. The third-order valence-electron chi connectivity index (χ3n) is 3.40. The molecule has 0 saturated heterocycles. The third-order valence-corrected chi connectivity index (χ3v) is 5.80. The van der Waals surface area contributed by atoms with Gasteiger partial charge in [-0.25, -0.2) is 13.4 Å². The van der Waals surface area contributed by atoms with E-state index < -0.39 is 14.6 Å². The van der Waals surface area contributed by atoms with Gasteiger partial charge in [0, 0.05) is 6.54 Å². The summed E-state index contributed by atoms with van der Waals surface area (Å²) in [7, 11) is -3.40. The van der Waals surface area contributed by atoms with Crippen molar-refractivity contribution in [2.45, 2.75) is 44.0 Å². The van der Waals surface area contributed by atoms with E-state index in [-0.39, 0.29) is 5.03 Å². The molecule has 0 atom stereocenters. The number of aryl methyl sites for hydroxylation is 1. The Morgan fingerprint density at radius 3 is 2.41 bits per heavy atom. The lowest BCUT2D eigenvalue weighted by molar-refractivity contribution is 0.556. The van der Waals surface area contributed by atoms with E-state index >= 15 is 0 Å². The molecule has 0 bridgehead atoms. The Morgan fingerprint density at radius 2 is 1.86 bits per heavy atom. The molecule has 0 aliphatic carbocycles. The number of benzene rings is 1. The second-order valence-electron chi connectivity index (χ2n) is 6.34. The second-order valence-corrected chi connectivity index (χ2v) is 8.99. The zero-order valence-corrected chi connectivity index (χ0v) is 14.2. The van der Waals surface area contributed by atoms with E-state index in [1.54, 1.807) is 39.1 Å². The van der Waals surface area contributed by atoms with Crippen LogP contribution in [0.4, 0.5) is 5.69 Å². The zero-order chi connectivity index (χ0) is 16.4. The van der Waals surface area contributed by atoms with Crippen LogP contribution in [0.25, 0.3) is 0 Å². The smallest absolute Gasteiger partial charge is 0.200 e. The summed E-state index contributed by atoms with van der Waals surface area (Å²) < 4.78 is 23.7. The Balaban J connectivity index is 2.10. The topological polar surface area (TPSA) is 59.1 Å². The molecular formula is C17H22N2O2S. The lowest BCUT2D eigenvalue weighted by Gasteiger charge is -2.18. The number of aromatic nitrogens is 1. The minimum atomic E-state index is -3.40. The number of rotatable bonds is 4. The first-order valence-electron chi connectivity index (χ1n) is 7.20. The average molecular weight is 318 g/mol. The number of nitrogens with one attached hydrogen (secondary N) is 1. The first-order chi connectivity index (χ1) is 10.2. The predicted molar refractivity (Wildman–Crippen MR) is 89.7 cm³/mol. The number of anilines is 1. The van der Waals surface area contributed by atoms with Crippen molar-refractivity contribution in [3.8, 4) is 0 Å². The summed E-state index contributed by atoms with van der Waals surface area (Å²) >= 11 is 0. The molecule has 2 rings (SSSR count). The number of hydrogen-bond acceptors (Lipinski definition) is 4. The van der Waals surface area contributed by atoms with Crippen LogP contribution < -0.4 is 5.32 Å². The highest BCUT2D eigenvalue weighted by atomic mass is 32.2. The van der Waals surface area contributed by atoms with Crippen LogP contribution in [0, 0.1) is 6.92 Å². The molecule has 5 heteroatoms. The first-order valence-corrected chi connectivity index (χ1v) is 8.68. The van der Waals surface area contributed by atoms with E-state index in [4.69, 9.17) is 0 Å². The first kappa shape index (κ1) is 16.5. The maximum absolute atomic E-state index is 12.3. The van der Waals surface area contributed by atoms with E-state index in [1.165, 1.54) is 11.1 Å². The molecule has 0 amide bonds. The second kappa shape index (κ2) is 6.08.